The summed E-state index contributed by atoms with van der Waals surface area (Å²) in [5, 5.41) is 2.31. The van der Waals surface area contributed by atoms with Crippen molar-refractivity contribution in [2.75, 3.05) is 20.3 Å². The maximum Gasteiger partial charge on any atom is 0.326 e. The number of carbonyl (C=O) groups excluding carboxylic acids is 3. The Kier molecular flexibility index (Phi) is 4.92. The number of ether oxygens (including phenoxy) is 2. The fourth-order valence-electron chi connectivity index (χ4n) is 2.44. The summed E-state index contributed by atoms with van der Waals surface area (Å²) in [5.74, 6) is -7.82. The number of rotatable bonds is 4. The minimum absolute atomic E-state index is 0.0220. The predicted molar refractivity (Wildman–Crippen MR) is 73.8 cm³/mol. The van der Waals surface area contributed by atoms with Gasteiger partial charge in [-0.15, -0.1) is 0 Å². The molecule has 0 aromatic heterocycles. The van der Waals surface area contributed by atoms with Crippen LogP contribution in [0, 0.1) is 17.6 Å². The lowest BCUT2D eigenvalue weighted by Crippen LogP contribution is -2.51. The third kappa shape index (κ3) is 3.15. The van der Waals surface area contributed by atoms with Gasteiger partial charge in [0, 0.05) is 24.2 Å². The summed E-state index contributed by atoms with van der Waals surface area (Å²) in [5.41, 5.74) is -0.509. The number of piperidine rings is 1. The first-order valence-electron chi connectivity index (χ1n) is 6.91. The number of nitrogens with one attached hydrogen (secondary N) is 1. The lowest BCUT2D eigenvalue weighted by molar-refractivity contribution is -0.157. The first-order valence-corrected chi connectivity index (χ1v) is 6.91. The van der Waals surface area contributed by atoms with Crippen LogP contribution >= 0.6 is 0 Å². The van der Waals surface area contributed by atoms with Gasteiger partial charge in [0.05, 0.1) is 19.6 Å². The van der Waals surface area contributed by atoms with Crippen molar-refractivity contribution in [3.8, 4) is 5.75 Å². The second-order valence-electron chi connectivity index (χ2n) is 4.89. The van der Waals surface area contributed by atoms with E-state index in [0.717, 1.165) is 12.1 Å². The van der Waals surface area contributed by atoms with Crippen LogP contribution in [-0.4, -0.2) is 37.9 Å². The summed E-state index contributed by atoms with van der Waals surface area (Å²) in [4.78, 5) is 35.9. The van der Waals surface area contributed by atoms with E-state index in [9.17, 15) is 23.2 Å². The number of hydrogen-bond acceptors (Lipinski definition) is 5. The molecule has 0 saturated carbocycles. The summed E-state index contributed by atoms with van der Waals surface area (Å²) < 4.78 is 37.7. The SMILES string of the molecule is CCOC(=O)C1C(=O)NCC(c2c(F)cc(OC)cc2F)C1=O. The molecule has 1 aliphatic heterocycles. The maximum atomic E-state index is 14.1. The van der Waals surface area contributed by atoms with Gasteiger partial charge in [-0.1, -0.05) is 0 Å². The van der Waals surface area contributed by atoms with E-state index in [4.69, 9.17) is 4.74 Å². The molecule has 6 nitrogen and oxygen atoms in total. The number of ketones is 1. The second kappa shape index (κ2) is 6.72. The number of methoxy groups -OCH3 is 1. The Morgan fingerprint density at radius 1 is 1.30 bits per heavy atom. The van der Waals surface area contributed by atoms with E-state index < -0.39 is 46.7 Å². The van der Waals surface area contributed by atoms with E-state index >= 15 is 0 Å². The fraction of sp³-hybridized carbons (Fsp3) is 0.400. The zero-order valence-corrected chi connectivity index (χ0v) is 12.5. The van der Waals surface area contributed by atoms with Crippen LogP contribution in [0.15, 0.2) is 12.1 Å². The van der Waals surface area contributed by atoms with E-state index in [-0.39, 0.29) is 18.9 Å². The lowest BCUT2D eigenvalue weighted by Gasteiger charge is -2.27. The number of hydrogen-bond donors (Lipinski definition) is 1. The van der Waals surface area contributed by atoms with Crippen LogP contribution < -0.4 is 10.1 Å². The zero-order valence-electron chi connectivity index (χ0n) is 12.5. The number of esters is 1. The molecule has 1 aromatic carbocycles. The molecular weight excluding hydrogens is 312 g/mol. The van der Waals surface area contributed by atoms with Gasteiger partial charge in [-0.3, -0.25) is 14.4 Å². The van der Waals surface area contributed by atoms with Crippen LogP contribution in [0.4, 0.5) is 8.78 Å². The molecule has 1 amide bonds. The summed E-state index contributed by atoms with van der Waals surface area (Å²) >= 11 is 0. The number of benzene rings is 1. The smallest absolute Gasteiger partial charge is 0.326 e. The molecule has 1 aliphatic rings. The minimum atomic E-state index is -1.73. The van der Waals surface area contributed by atoms with Crippen molar-refractivity contribution < 1.29 is 32.6 Å². The number of Topliss-reactive ketones (excluding diaryl/α,β-unsaturated/α-hetero) is 1. The summed E-state index contributed by atoms with van der Waals surface area (Å²) in [6.07, 6.45) is 0. The van der Waals surface area contributed by atoms with Crippen LogP contribution in [0.1, 0.15) is 18.4 Å². The van der Waals surface area contributed by atoms with Gasteiger partial charge in [-0.05, 0) is 6.92 Å². The van der Waals surface area contributed by atoms with Crippen LogP contribution in [0.3, 0.4) is 0 Å². The molecule has 23 heavy (non-hydrogen) atoms. The van der Waals surface area contributed by atoms with E-state index in [1.165, 1.54) is 14.0 Å². The van der Waals surface area contributed by atoms with Crippen LogP contribution in [-0.2, 0) is 19.1 Å². The average Bonchev–Trinajstić information content (AvgIpc) is 2.49. The predicted octanol–water partition coefficient (Wildman–Crippen LogP) is 0.935. The van der Waals surface area contributed by atoms with Gasteiger partial charge < -0.3 is 14.8 Å². The molecule has 1 N–H and O–H groups in total. The van der Waals surface area contributed by atoms with Gasteiger partial charge in [0.1, 0.15) is 17.4 Å². The van der Waals surface area contributed by atoms with Gasteiger partial charge in [-0.2, -0.15) is 0 Å². The van der Waals surface area contributed by atoms with Crippen molar-refractivity contribution in [1.29, 1.82) is 0 Å². The molecule has 1 heterocycles. The Morgan fingerprint density at radius 2 is 1.91 bits per heavy atom. The van der Waals surface area contributed by atoms with Crippen molar-refractivity contribution in [2.45, 2.75) is 12.8 Å². The molecule has 2 unspecified atom stereocenters. The van der Waals surface area contributed by atoms with Crippen molar-refractivity contribution in [1.82, 2.24) is 5.32 Å². The van der Waals surface area contributed by atoms with Gasteiger partial charge in [-0.25, -0.2) is 8.78 Å². The highest BCUT2D eigenvalue weighted by Gasteiger charge is 2.45. The van der Waals surface area contributed by atoms with Crippen LogP contribution in [0.5, 0.6) is 5.75 Å². The molecular formula is C15H15F2NO5. The van der Waals surface area contributed by atoms with Gasteiger partial charge in [0.15, 0.2) is 11.7 Å². The van der Waals surface area contributed by atoms with E-state index in [1.54, 1.807) is 0 Å². The van der Waals surface area contributed by atoms with Gasteiger partial charge >= 0.3 is 5.97 Å². The van der Waals surface area contributed by atoms with Crippen LogP contribution in [0.25, 0.3) is 0 Å². The third-order valence-corrected chi connectivity index (χ3v) is 3.53. The van der Waals surface area contributed by atoms with E-state index in [0.29, 0.717) is 0 Å². The van der Waals surface area contributed by atoms with Crippen molar-refractivity contribution in [2.24, 2.45) is 5.92 Å². The van der Waals surface area contributed by atoms with E-state index in [2.05, 4.69) is 10.1 Å². The normalized spacial score (nSPS) is 20.9. The van der Waals surface area contributed by atoms with Gasteiger partial charge in [0.2, 0.25) is 5.91 Å². The Bertz CT molecular complexity index is 638. The molecule has 0 radical (unpaired) electrons. The molecule has 2 atom stereocenters. The molecule has 0 spiro atoms. The number of amides is 1. The van der Waals surface area contributed by atoms with Crippen molar-refractivity contribution >= 4 is 17.7 Å². The highest BCUT2D eigenvalue weighted by Crippen LogP contribution is 2.31. The maximum absolute atomic E-state index is 14.1. The molecule has 0 aliphatic carbocycles. The van der Waals surface area contributed by atoms with Crippen LogP contribution in [0.2, 0.25) is 0 Å². The first-order chi connectivity index (χ1) is 10.9. The largest absolute Gasteiger partial charge is 0.497 e. The van der Waals surface area contributed by atoms with Gasteiger partial charge in [0.25, 0.3) is 0 Å². The van der Waals surface area contributed by atoms with E-state index in [1.807, 2.05) is 0 Å². The first kappa shape index (κ1) is 16.9. The molecule has 1 fully saturated rings. The second-order valence-corrected chi connectivity index (χ2v) is 4.89. The molecule has 124 valence electrons. The standard InChI is InChI=1S/C15H15F2NO5/c1-3-23-15(21)12-13(19)8(6-18-14(12)20)11-9(16)4-7(22-2)5-10(11)17/h4-5,8,12H,3,6H2,1-2H3,(H,18,20). The lowest BCUT2D eigenvalue weighted by atomic mass is 9.83. The average molecular weight is 327 g/mol. The Hall–Kier alpha value is -2.51. The topological polar surface area (TPSA) is 81.7 Å². The minimum Gasteiger partial charge on any atom is -0.497 e. The Morgan fingerprint density at radius 3 is 2.43 bits per heavy atom. The number of halogens is 2. The van der Waals surface area contributed by atoms with Crippen molar-refractivity contribution in [3.63, 3.8) is 0 Å². The highest BCUT2D eigenvalue weighted by molar-refractivity contribution is 6.19. The number of carbonyl (C=O) groups is 3. The molecule has 8 heteroatoms. The Balaban J connectivity index is 2.39. The summed E-state index contributed by atoms with van der Waals surface area (Å²) in [6, 6.07) is 1.86. The summed E-state index contributed by atoms with van der Waals surface area (Å²) in [7, 11) is 1.25. The molecule has 0 bridgehead atoms. The third-order valence-electron chi connectivity index (χ3n) is 3.53. The molecule has 1 aromatic rings. The molecule has 1 saturated heterocycles. The highest BCUT2D eigenvalue weighted by atomic mass is 19.1. The zero-order chi connectivity index (χ0) is 17.1. The quantitative estimate of drug-likeness (QED) is 0.657. The summed E-state index contributed by atoms with van der Waals surface area (Å²) in [6.45, 7) is 1.20. The Labute approximate surface area is 130 Å². The fourth-order valence-corrected chi connectivity index (χ4v) is 2.44. The monoisotopic (exact) mass is 327 g/mol. The molecule has 2 rings (SSSR count). The van der Waals surface area contributed by atoms with Crippen molar-refractivity contribution in [3.05, 3.63) is 29.3 Å².